The summed E-state index contributed by atoms with van der Waals surface area (Å²) < 4.78 is 2.07. The van der Waals surface area contributed by atoms with Crippen molar-refractivity contribution < 1.29 is 0 Å². The summed E-state index contributed by atoms with van der Waals surface area (Å²) in [6.07, 6.45) is 2.67. The minimum atomic E-state index is 0. The molecular formula is C16H27IN6S. The van der Waals surface area contributed by atoms with Crippen LogP contribution in [0.2, 0.25) is 0 Å². The molecule has 0 aliphatic heterocycles. The van der Waals surface area contributed by atoms with Crippen molar-refractivity contribution in [2.24, 2.45) is 4.99 Å². The van der Waals surface area contributed by atoms with Crippen molar-refractivity contribution in [3.63, 3.8) is 0 Å². The molecule has 24 heavy (non-hydrogen) atoms. The van der Waals surface area contributed by atoms with E-state index in [0.29, 0.717) is 0 Å². The summed E-state index contributed by atoms with van der Waals surface area (Å²) in [7, 11) is 1.80. The number of rotatable bonds is 7. The van der Waals surface area contributed by atoms with Gasteiger partial charge in [-0.25, -0.2) is 0 Å². The van der Waals surface area contributed by atoms with Gasteiger partial charge in [0, 0.05) is 43.4 Å². The van der Waals surface area contributed by atoms with E-state index in [2.05, 4.69) is 68.7 Å². The zero-order chi connectivity index (χ0) is 16.7. The lowest BCUT2D eigenvalue weighted by Crippen LogP contribution is -2.44. The van der Waals surface area contributed by atoms with Crippen LogP contribution in [-0.2, 0) is 18.4 Å². The molecular weight excluding hydrogens is 435 g/mol. The molecule has 0 atom stereocenters. The highest BCUT2D eigenvalue weighted by Crippen LogP contribution is 2.26. The summed E-state index contributed by atoms with van der Waals surface area (Å²) in [5, 5.41) is 16.9. The summed E-state index contributed by atoms with van der Waals surface area (Å²) in [6.45, 7) is 9.00. The van der Waals surface area contributed by atoms with E-state index in [4.69, 9.17) is 0 Å². The maximum absolute atomic E-state index is 4.29. The van der Waals surface area contributed by atoms with E-state index in [9.17, 15) is 0 Å². The topological polar surface area (TPSA) is 67.1 Å². The van der Waals surface area contributed by atoms with Gasteiger partial charge in [0.25, 0.3) is 0 Å². The monoisotopic (exact) mass is 462 g/mol. The summed E-state index contributed by atoms with van der Waals surface area (Å²) in [4.78, 5) is 5.66. The number of aromatic nitrogens is 3. The number of hydrogen-bond acceptors (Lipinski definition) is 4. The third kappa shape index (κ3) is 5.73. The molecule has 0 bridgehead atoms. The predicted octanol–water partition coefficient (Wildman–Crippen LogP) is 2.66. The first-order valence-corrected chi connectivity index (χ1v) is 8.80. The number of nitrogens with one attached hydrogen (secondary N) is 2. The van der Waals surface area contributed by atoms with E-state index < -0.39 is 0 Å². The van der Waals surface area contributed by atoms with Crippen LogP contribution in [-0.4, -0.2) is 40.9 Å². The molecule has 2 aromatic rings. The van der Waals surface area contributed by atoms with Gasteiger partial charge in [0.2, 0.25) is 0 Å². The van der Waals surface area contributed by atoms with Crippen LogP contribution in [0.1, 0.15) is 31.5 Å². The molecule has 0 radical (unpaired) electrons. The molecule has 0 unspecified atom stereocenters. The Morgan fingerprint density at radius 1 is 1.38 bits per heavy atom. The second-order valence-corrected chi connectivity index (χ2v) is 6.96. The van der Waals surface area contributed by atoms with Crippen LogP contribution in [0.3, 0.4) is 0 Å². The Morgan fingerprint density at radius 2 is 2.17 bits per heavy atom. The second kappa shape index (κ2) is 9.97. The van der Waals surface area contributed by atoms with Crippen molar-refractivity contribution in [3.8, 4) is 0 Å². The van der Waals surface area contributed by atoms with Crippen LogP contribution in [0.15, 0.2) is 28.8 Å². The maximum atomic E-state index is 4.29. The third-order valence-corrected chi connectivity index (χ3v) is 5.00. The number of thiophene rings is 1. The second-order valence-electron chi connectivity index (χ2n) is 6.01. The number of aliphatic imine (C=N–C) groups is 1. The Morgan fingerprint density at radius 3 is 2.79 bits per heavy atom. The molecule has 0 fully saturated rings. The molecule has 0 spiro atoms. The summed E-state index contributed by atoms with van der Waals surface area (Å²) >= 11 is 1.79. The molecule has 2 heterocycles. The first-order valence-electron chi connectivity index (χ1n) is 7.92. The van der Waals surface area contributed by atoms with Crippen molar-refractivity contribution >= 4 is 41.3 Å². The van der Waals surface area contributed by atoms with Gasteiger partial charge in [0.1, 0.15) is 12.2 Å². The lowest BCUT2D eigenvalue weighted by atomic mass is 9.91. The smallest absolute Gasteiger partial charge is 0.191 e. The van der Waals surface area contributed by atoms with Crippen molar-refractivity contribution in [1.29, 1.82) is 0 Å². The highest BCUT2D eigenvalue weighted by Gasteiger charge is 2.21. The first-order chi connectivity index (χ1) is 11.1. The fraction of sp³-hybridized carbons (Fsp3) is 0.562. The third-order valence-electron chi connectivity index (χ3n) is 3.77. The molecule has 2 aromatic heterocycles. The average molecular weight is 462 g/mol. The Balaban J connectivity index is 0.00000288. The van der Waals surface area contributed by atoms with Crippen LogP contribution in [0.5, 0.6) is 0 Å². The first kappa shape index (κ1) is 20.9. The minimum absolute atomic E-state index is 0. The molecule has 0 aliphatic rings. The average Bonchev–Trinajstić information content (AvgIpc) is 3.21. The maximum Gasteiger partial charge on any atom is 0.191 e. The van der Waals surface area contributed by atoms with Crippen molar-refractivity contribution in [3.05, 3.63) is 34.5 Å². The van der Waals surface area contributed by atoms with Gasteiger partial charge < -0.3 is 15.2 Å². The predicted molar refractivity (Wildman–Crippen MR) is 112 cm³/mol. The SMILES string of the molecule is CCc1nncn1CCNC(=NC)NCC(C)(C)c1cccs1.I. The molecule has 8 heteroatoms. The largest absolute Gasteiger partial charge is 0.356 e. The Kier molecular flexibility index (Phi) is 8.68. The molecule has 0 aromatic carbocycles. The Bertz CT molecular complexity index is 620. The standard InChI is InChI=1S/C16H26N6S.HI/c1-5-14-21-20-12-22(14)9-8-18-15(17-4)19-11-16(2,3)13-7-6-10-23-13;/h6-7,10,12H,5,8-9,11H2,1-4H3,(H2,17,18,19);1H. The summed E-state index contributed by atoms with van der Waals surface area (Å²) in [6, 6.07) is 4.28. The van der Waals surface area contributed by atoms with Crippen LogP contribution in [0.25, 0.3) is 0 Å². The molecule has 0 amide bonds. The van der Waals surface area contributed by atoms with Crippen LogP contribution >= 0.6 is 35.3 Å². The van der Waals surface area contributed by atoms with Gasteiger partial charge in [-0.3, -0.25) is 4.99 Å². The van der Waals surface area contributed by atoms with E-state index in [1.165, 1.54) is 4.88 Å². The lowest BCUT2D eigenvalue weighted by Gasteiger charge is -2.25. The number of guanidine groups is 1. The molecule has 2 N–H and O–H groups in total. The lowest BCUT2D eigenvalue weighted by molar-refractivity contribution is 0.517. The molecule has 134 valence electrons. The van der Waals surface area contributed by atoms with Crippen LogP contribution in [0, 0.1) is 0 Å². The molecule has 0 saturated heterocycles. The fourth-order valence-corrected chi connectivity index (χ4v) is 3.16. The van der Waals surface area contributed by atoms with Gasteiger partial charge in [-0.1, -0.05) is 26.8 Å². The highest BCUT2D eigenvalue weighted by molar-refractivity contribution is 14.0. The molecule has 0 aliphatic carbocycles. The fourth-order valence-electron chi connectivity index (χ4n) is 2.31. The van der Waals surface area contributed by atoms with Gasteiger partial charge in [0.05, 0.1) is 0 Å². The van der Waals surface area contributed by atoms with Gasteiger partial charge in [-0.2, -0.15) is 0 Å². The van der Waals surface area contributed by atoms with Crippen LogP contribution < -0.4 is 10.6 Å². The van der Waals surface area contributed by atoms with Crippen molar-refractivity contribution in [1.82, 2.24) is 25.4 Å². The molecule has 0 saturated carbocycles. The van der Waals surface area contributed by atoms with Gasteiger partial charge in [-0.15, -0.1) is 45.5 Å². The van der Waals surface area contributed by atoms with Crippen molar-refractivity contribution in [2.75, 3.05) is 20.1 Å². The summed E-state index contributed by atoms with van der Waals surface area (Å²) in [5.74, 6) is 1.83. The molecule has 6 nitrogen and oxygen atoms in total. The quantitative estimate of drug-likeness (QED) is 0.377. The van der Waals surface area contributed by atoms with Gasteiger partial charge in [0.15, 0.2) is 5.96 Å². The van der Waals surface area contributed by atoms with Gasteiger partial charge in [-0.05, 0) is 11.4 Å². The Labute approximate surface area is 165 Å². The highest BCUT2D eigenvalue weighted by atomic mass is 127. The number of hydrogen-bond donors (Lipinski definition) is 2. The number of aryl methyl sites for hydroxylation is 1. The Hall–Kier alpha value is -1.16. The minimum Gasteiger partial charge on any atom is -0.356 e. The molecule has 2 rings (SSSR count). The zero-order valence-corrected chi connectivity index (χ0v) is 17.9. The van der Waals surface area contributed by atoms with E-state index in [-0.39, 0.29) is 29.4 Å². The van der Waals surface area contributed by atoms with Crippen molar-refractivity contribution in [2.45, 2.75) is 39.2 Å². The van der Waals surface area contributed by atoms with E-state index in [0.717, 1.165) is 37.8 Å². The number of nitrogens with zero attached hydrogens (tertiary/aromatic N) is 4. The van der Waals surface area contributed by atoms with E-state index >= 15 is 0 Å². The summed E-state index contributed by atoms with van der Waals surface area (Å²) in [5.41, 5.74) is 0.0788. The van der Waals surface area contributed by atoms with E-state index in [1.54, 1.807) is 24.7 Å². The van der Waals surface area contributed by atoms with Crippen LogP contribution in [0.4, 0.5) is 0 Å². The normalized spacial score (nSPS) is 11.9. The zero-order valence-electron chi connectivity index (χ0n) is 14.7. The van der Waals surface area contributed by atoms with E-state index in [1.807, 2.05) is 0 Å². The number of halogens is 1. The van der Waals surface area contributed by atoms with Gasteiger partial charge >= 0.3 is 0 Å².